The Morgan fingerprint density at radius 1 is 0.868 bits per heavy atom. The number of hydrogen-bond donors (Lipinski definition) is 0. The van der Waals surface area contributed by atoms with Crippen LogP contribution in [0.5, 0.6) is 5.75 Å². The van der Waals surface area contributed by atoms with Crippen LogP contribution in [-0.4, -0.2) is 28.8 Å². The van der Waals surface area contributed by atoms with Gasteiger partial charge in [0, 0.05) is 31.3 Å². The van der Waals surface area contributed by atoms with Crippen molar-refractivity contribution in [3.05, 3.63) is 120 Å². The van der Waals surface area contributed by atoms with E-state index in [-0.39, 0.29) is 5.78 Å². The van der Waals surface area contributed by atoms with E-state index >= 15 is 0 Å². The van der Waals surface area contributed by atoms with Crippen molar-refractivity contribution < 1.29 is 9.53 Å². The summed E-state index contributed by atoms with van der Waals surface area (Å²) in [6, 6.07) is 29.6. The number of aryl methyl sites for hydroxylation is 1. The third-order valence-electron chi connectivity index (χ3n) is 7.54. The van der Waals surface area contributed by atoms with Crippen LogP contribution in [0.4, 0.5) is 0 Å². The first kappa shape index (κ1) is 25.9. The van der Waals surface area contributed by atoms with Gasteiger partial charge >= 0.3 is 0 Å². The zero-order valence-corrected chi connectivity index (χ0v) is 22.2. The van der Waals surface area contributed by atoms with Gasteiger partial charge in [0.2, 0.25) is 0 Å². The highest BCUT2D eigenvalue weighted by molar-refractivity contribution is 5.81. The topological polar surface area (TPSA) is 42.4 Å². The zero-order chi connectivity index (χ0) is 26.2. The standard InChI is InChI=1S/C34H36N2O2/c1-26(36-21-6-7-22-36)32-11-4-5-13-34(32)33-12-3-2-10-29(33)25-38-31-18-15-27(16-19-31)23-30(37)17-14-28-9-8-20-35-24-28/h2-5,8-13,15-16,18-20,24,26H,6-7,14,17,21-23,25H2,1H3. The van der Waals surface area contributed by atoms with Gasteiger partial charge < -0.3 is 4.74 Å². The molecule has 0 bridgehead atoms. The molecule has 4 nitrogen and oxygen atoms in total. The van der Waals surface area contributed by atoms with Crippen molar-refractivity contribution in [1.82, 2.24) is 9.88 Å². The lowest BCUT2D eigenvalue weighted by molar-refractivity contribution is -0.118. The molecule has 0 N–H and O–H groups in total. The number of carbonyl (C=O) groups is 1. The summed E-state index contributed by atoms with van der Waals surface area (Å²) in [7, 11) is 0. The number of nitrogens with zero attached hydrogens (tertiary/aromatic N) is 2. The van der Waals surface area contributed by atoms with Gasteiger partial charge in [0.25, 0.3) is 0 Å². The lowest BCUT2D eigenvalue weighted by atomic mass is 9.92. The molecule has 4 aromatic rings. The van der Waals surface area contributed by atoms with Gasteiger partial charge in [-0.15, -0.1) is 0 Å². The van der Waals surface area contributed by atoms with Crippen molar-refractivity contribution in [2.45, 2.75) is 51.7 Å². The van der Waals surface area contributed by atoms with E-state index in [4.69, 9.17) is 4.74 Å². The zero-order valence-electron chi connectivity index (χ0n) is 22.2. The maximum atomic E-state index is 12.5. The summed E-state index contributed by atoms with van der Waals surface area (Å²) < 4.78 is 6.22. The van der Waals surface area contributed by atoms with Crippen molar-refractivity contribution in [2.24, 2.45) is 0 Å². The molecular formula is C34H36N2O2. The normalized spacial score (nSPS) is 14.3. The Kier molecular flexibility index (Phi) is 8.62. The summed E-state index contributed by atoms with van der Waals surface area (Å²) in [6.07, 6.45) is 7.85. The maximum Gasteiger partial charge on any atom is 0.137 e. The van der Waals surface area contributed by atoms with E-state index in [1.807, 2.05) is 42.6 Å². The monoisotopic (exact) mass is 504 g/mol. The third-order valence-corrected chi connectivity index (χ3v) is 7.54. The minimum Gasteiger partial charge on any atom is -0.489 e. The van der Waals surface area contributed by atoms with Crippen molar-refractivity contribution >= 4 is 5.78 Å². The second kappa shape index (κ2) is 12.7. The fraction of sp³-hybridized carbons (Fsp3) is 0.294. The summed E-state index contributed by atoms with van der Waals surface area (Å²) >= 11 is 0. The number of pyridine rings is 1. The number of Topliss-reactive ketones (excluding diaryl/α,β-unsaturated/α-hetero) is 1. The Bertz CT molecular complexity index is 1330. The average molecular weight is 505 g/mol. The first-order valence-corrected chi connectivity index (χ1v) is 13.7. The first-order valence-electron chi connectivity index (χ1n) is 13.7. The Morgan fingerprint density at radius 3 is 2.37 bits per heavy atom. The van der Waals surface area contributed by atoms with Gasteiger partial charge in [0.05, 0.1) is 0 Å². The van der Waals surface area contributed by atoms with Gasteiger partial charge in [-0.1, -0.05) is 66.7 Å². The first-order chi connectivity index (χ1) is 18.7. The quantitative estimate of drug-likeness (QED) is 0.216. The molecule has 1 atom stereocenters. The number of hydrogen-bond acceptors (Lipinski definition) is 4. The van der Waals surface area contributed by atoms with Crippen LogP contribution in [0, 0.1) is 0 Å². The Balaban J connectivity index is 1.22. The molecule has 5 rings (SSSR count). The number of benzene rings is 3. The van der Waals surface area contributed by atoms with Crippen LogP contribution in [0.25, 0.3) is 11.1 Å². The van der Waals surface area contributed by atoms with Crippen LogP contribution in [-0.2, 0) is 24.2 Å². The molecule has 194 valence electrons. The van der Waals surface area contributed by atoms with Crippen LogP contribution >= 0.6 is 0 Å². The summed E-state index contributed by atoms with van der Waals surface area (Å²) in [6.45, 7) is 5.17. The Labute approximate surface area is 226 Å². The molecular weight excluding hydrogens is 468 g/mol. The molecule has 1 unspecified atom stereocenters. The summed E-state index contributed by atoms with van der Waals surface area (Å²) in [4.78, 5) is 19.2. The molecule has 0 spiro atoms. The van der Waals surface area contributed by atoms with E-state index in [0.717, 1.165) is 23.3 Å². The van der Waals surface area contributed by atoms with E-state index in [1.54, 1.807) is 6.20 Å². The molecule has 4 heteroatoms. The molecule has 1 fully saturated rings. The molecule has 1 saturated heterocycles. The summed E-state index contributed by atoms with van der Waals surface area (Å²) in [5.74, 6) is 1.04. The smallest absolute Gasteiger partial charge is 0.137 e. The maximum absolute atomic E-state index is 12.5. The molecule has 1 aliphatic rings. The lowest BCUT2D eigenvalue weighted by Gasteiger charge is -2.27. The highest BCUT2D eigenvalue weighted by atomic mass is 16.5. The van der Waals surface area contributed by atoms with E-state index in [9.17, 15) is 4.79 Å². The third kappa shape index (κ3) is 6.56. The van der Waals surface area contributed by atoms with Crippen LogP contribution in [0.3, 0.4) is 0 Å². The molecule has 0 amide bonds. The van der Waals surface area contributed by atoms with Gasteiger partial charge in [0.1, 0.15) is 18.1 Å². The van der Waals surface area contributed by atoms with Gasteiger partial charge in [-0.05, 0) is 90.9 Å². The molecule has 2 heterocycles. The molecule has 0 radical (unpaired) electrons. The molecule has 3 aromatic carbocycles. The minimum absolute atomic E-state index is 0.235. The predicted molar refractivity (Wildman–Crippen MR) is 153 cm³/mol. The second-order valence-corrected chi connectivity index (χ2v) is 10.2. The number of ether oxygens (including phenoxy) is 1. The van der Waals surface area contributed by atoms with E-state index in [2.05, 4.69) is 65.3 Å². The van der Waals surface area contributed by atoms with Crippen LogP contribution in [0.2, 0.25) is 0 Å². The van der Waals surface area contributed by atoms with E-state index in [0.29, 0.717) is 25.5 Å². The van der Waals surface area contributed by atoms with E-state index in [1.165, 1.54) is 48.2 Å². The highest BCUT2D eigenvalue weighted by Crippen LogP contribution is 2.35. The van der Waals surface area contributed by atoms with Gasteiger partial charge in [-0.2, -0.15) is 0 Å². The molecule has 0 saturated carbocycles. The number of aromatic nitrogens is 1. The van der Waals surface area contributed by atoms with Gasteiger partial charge in [-0.25, -0.2) is 0 Å². The number of carbonyl (C=O) groups excluding carboxylic acids is 1. The van der Waals surface area contributed by atoms with Crippen LogP contribution in [0.1, 0.15) is 54.5 Å². The number of rotatable bonds is 11. The number of likely N-dealkylation sites (tertiary alicyclic amines) is 1. The molecule has 1 aliphatic heterocycles. The summed E-state index contributed by atoms with van der Waals surface area (Å²) in [5.41, 5.74) is 7.16. The van der Waals surface area contributed by atoms with Crippen molar-refractivity contribution in [2.75, 3.05) is 13.1 Å². The fourth-order valence-electron chi connectivity index (χ4n) is 5.35. The van der Waals surface area contributed by atoms with E-state index < -0.39 is 0 Å². The second-order valence-electron chi connectivity index (χ2n) is 10.2. The van der Waals surface area contributed by atoms with Crippen molar-refractivity contribution in [1.29, 1.82) is 0 Å². The number of ketones is 1. The van der Waals surface area contributed by atoms with Gasteiger partial charge in [0.15, 0.2) is 0 Å². The molecule has 1 aromatic heterocycles. The predicted octanol–water partition coefficient (Wildman–Crippen LogP) is 7.23. The van der Waals surface area contributed by atoms with Gasteiger partial charge in [-0.3, -0.25) is 14.7 Å². The van der Waals surface area contributed by atoms with Crippen molar-refractivity contribution in [3.8, 4) is 16.9 Å². The molecule has 0 aliphatic carbocycles. The Morgan fingerprint density at radius 2 is 1.61 bits per heavy atom. The average Bonchev–Trinajstić information content (AvgIpc) is 3.51. The highest BCUT2D eigenvalue weighted by Gasteiger charge is 2.22. The van der Waals surface area contributed by atoms with Crippen LogP contribution in [0.15, 0.2) is 97.3 Å². The molecule has 38 heavy (non-hydrogen) atoms. The fourth-order valence-corrected chi connectivity index (χ4v) is 5.35. The minimum atomic E-state index is 0.235. The van der Waals surface area contributed by atoms with Crippen molar-refractivity contribution in [3.63, 3.8) is 0 Å². The largest absolute Gasteiger partial charge is 0.489 e. The Hall–Kier alpha value is -3.76. The van der Waals surface area contributed by atoms with Crippen LogP contribution < -0.4 is 4.74 Å². The SMILES string of the molecule is CC(c1ccccc1-c1ccccc1COc1ccc(CC(=O)CCc2cccnc2)cc1)N1CCCC1. The lowest BCUT2D eigenvalue weighted by Crippen LogP contribution is -2.23. The summed E-state index contributed by atoms with van der Waals surface area (Å²) in [5, 5.41) is 0.